The fraction of sp³-hybridized carbons (Fsp3) is 0.333. The van der Waals surface area contributed by atoms with E-state index in [1.807, 2.05) is 20.8 Å². The van der Waals surface area contributed by atoms with Gasteiger partial charge >= 0.3 is 6.09 Å². The highest BCUT2D eigenvalue weighted by Crippen LogP contribution is 2.42. The largest absolute Gasteiger partial charge is 0.497 e. The molecule has 0 aliphatic heterocycles. The molecule has 3 aromatic heterocycles. The van der Waals surface area contributed by atoms with Crippen LogP contribution in [0.4, 0.5) is 16.3 Å². The number of benzene rings is 1. The second-order valence-electron chi connectivity index (χ2n) is 10.1. The van der Waals surface area contributed by atoms with Gasteiger partial charge in [-0.05, 0) is 23.1 Å². The number of carbonyl (C=O) groups is 2. The molecule has 0 unspecified atom stereocenters. The van der Waals surface area contributed by atoms with E-state index in [2.05, 4.69) is 15.4 Å². The van der Waals surface area contributed by atoms with Crippen molar-refractivity contribution in [1.82, 2.24) is 24.2 Å². The van der Waals surface area contributed by atoms with Crippen LogP contribution in [0.5, 0.6) is 11.5 Å². The quantitative estimate of drug-likeness (QED) is 0.363. The van der Waals surface area contributed by atoms with Crippen LogP contribution in [0.15, 0.2) is 42.9 Å². The fourth-order valence-electron chi connectivity index (χ4n) is 4.37. The molecule has 0 aliphatic rings. The van der Waals surface area contributed by atoms with Crippen LogP contribution in [-0.4, -0.2) is 69.7 Å². The minimum atomic E-state index is -1.14. The molecule has 38 heavy (non-hydrogen) atoms. The molecule has 11 heteroatoms. The van der Waals surface area contributed by atoms with Crippen molar-refractivity contribution in [2.45, 2.75) is 32.7 Å². The van der Waals surface area contributed by atoms with Gasteiger partial charge in [-0.25, -0.2) is 14.3 Å². The van der Waals surface area contributed by atoms with E-state index in [-0.39, 0.29) is 12.5 Å². The normalized spacial score (nSPS) is 11.4. The lowest BCUT2D eigenvalue weighted by Gasteiger charge is -2.20. The van der Waals surface area contributed by atoms with Crippen molar-refractivity contribution in [1.29, 1.82) is 0 Å². The Labute approximate surface area is 220 Å². The maximum atomic E-state index is 12.7. The van der Waals surface area contributed by atoms with Crippen molar-refractivity contribution in [3.63, 3.8) is 0 Å². The average Bonchev–Trinajstić information content (AvgIpc) is 3.45. The molecule has 4 aromatic rings. The van der Waals surface area contributed by atoms with Crippen LogP contribution in [-0.2, 0) is 16.8 Å². The zero-order valence-corrected chi connectivity index (χ0v) is 22.6. The number of hydrogen-bond acceptors (Lipinski definition) is 7. The van der Waals surface area contributed by atoms with E-state index in [4.69, 9.17) is 9.47 Å². The lowest BCUT2D eigenvalue weighted by molar-refractivity contribution is -0.129. The van der Waals surface area contributed by atoms with E-state index in [9.17, 15) is 14.7 Å². The van der Waals surface area contributed by atoms with Crippen LogP contribution >= 0.6 is 0 Å². The Bertz CT molecular complexity index is 1510. The van der Waals surface area contributed by atoms with E-state index in [0.29, 0.717) is 45.2 Å². The topological polar surface area (TPSA) is 124 Å². The van der Waals surface area contributed by atoms with Gasteiger partial charge in [-0.2, -0.15) is 5.10 Å². The molecule has 4 rings (SSSR count). The van der Waals surface area contributed by atoms with Gasteiger partial charge in [0.05, 0.1) is 37.3 Å². The predicted molar refractivity (Wildman–Crippen MR) is 145 cm³/mol. The number of fused-ring (bicyclic) bond motifs is 1. The molecule has 3 heterocycles. The van der Waals surface area contributed by atoms with Crippen LogP contribution in [0.25, 0.3) is 22.2 Å². The monoisotopic (exact) mass is 520 g/mol. The number of nitrogens with zero attached hydrogens (tertiary/aromatic N) is 5. The van der Waals surface area contributed by atoms with Crippen molar-refractivity contribution < 1.29 is 24.2 Å². The summed E-state index contributed by atoms with van der Waals surface area (Å²) >= 11 is 0. The second-order valence-corrected chi connectivity index (χ2v) is 10.1. The molecule has 0 fully saturated rings. The second kappa shape index (κ2) is 10.1. The molecule has 1 amide bonds. The van der Waals surface area contributed by atoms with Gasteiger partial charge in [0.1, 0.15) is 23.9 Å². The third-order valence-corrected chi connectivity index (χ3v) is 6.17. The number of anilines is 2. The number of carbonyl (C=O) groups excluding carboxylic acids is 1. The Kier molecular flexibility index (Phi) is 7.03. The van der Waals surface area contributed by atoms with Gasteiger partial charge in [0, 0.05) is 49.6 Å². The van der Waals surface area contributed by atoms with Gasteiger partial charge in [-0.3, -0.25) is 9.48 Å². The smallest absolute Gasteiger partial charge is 0.416 e. The van der Waals surface area contributed by atoms with Crippen LogP contribution < -0.4 is 14.8 Å². The molecular weight excluding hydrogens is 488 g/mol. The lowest BCUT2D eigenvalue weighted by atomic mass is 9.84. The minimum Gasteiger partial charge on any atom is -0.497 e. The zero-order valence-electron chi connectivity index (χ0n) is 22.6. The Hall–Kier alpha value is -4.54. The molecule has 0 saturated carbocycles. The molecule has 11 nitrogen and oxygen atoms in total. The number of likely N-dealkylation sites (N-methyl/N-ethyl adjacent to an activating group) is 1. The number of amides is 1. The Morgan fingerprint density at radius 3 is 2.45 bits per heavy atom. The predicted octanol–water partition coefficient (Wildman–Crippen LogP) is 4.57. The Balaban J connectivity index is 1.87. The van der Waals surface area contributed by atoms with Crippen molar-refractivity contribution in [3.8, 4) is 22.8 Å². The summed E-state index contributed by atoms with van der Waals surface area (Å²) in [6.07, 6.45) is 3.81. The van der Waals surface area contributed by atoms with Gasteiger partial charge in [-0.15, -0.1) is 0 Å². The Morgan fingerprint density at radius 2 is 1.84 bits per heavy atom. The zero-order chi connectivity index (χ0) is 27.8. The van der Waals surface area contributed by atoms with Crippen molar-refractivity contribution in [3.05, 3.63) is 48.4 Å². The van der Waals surface area contributed by atoms with Gasteiger partial charge < -0.3 is 24.8 Å². The summed E-state index contributed by atoms with van der Waals surface area (Å²) in [6, 6.07) is 7.04. The lowest BCUT2D eigenvalue weighted by Crippen LogP contribution is -2.26. The summed E-state index contributed by atoms with van der Waals surface area (Å²) in [5, 5.41) is 18.6. The summed E-state index contributed by atoms with van der Waals surface area (Å²) in [6.45, 7) is 6.11. The molecule has 0 aliphatic carbocycles. The van der Waals surface area contributed by atoms with E-state index < -0.39 is 11.5 Å². The van der Waals surface area contributed by atoms with Gasteiger partial charge in [0.25, 0.3) is 0 Å². The third-order valence-electron chi connectivity index (χ3n) is 6.17. The maximum absolute atomic E-state index is 12.7. The molecule has 2 N–H and O–H groups in total. The summed E-state index contributed by atoms with van der Waals surface area (Å²) in [7, 11) is 6.48. The number of ether oxygens (including phenoxy) is 2. The first-order valence-corrected chi connectivity index (χ1v) is 11.9. The standard InChI is InChI=1S/C27H32N6O5/c1-27(2,3)24-18-13-28-22(30-19-9-8-17(37-6)10-21(19)38-7)11-20(18)33(26(35)36)25(24)16-12-29-32(14-16)15-23(34)31(4)5/h8-14H,15H2,1-7H3,(H,28,30)(H,35,36). The van der Waals surface area contributed by atoms with Crippen LogP contribution in [0.1, 0.15) is 26.3 Å². The number of methoxy groups -OCH3 is 2. The fourth-order valence-corrected chi connectivity index (χ4v) is 4.37. The molecule has 0 spiro atoms. The number of hydrogen-bond donors (Lipinski definition) is 2. The Morgan fingerprint density at radius 1 is 1.11 bits per heavy atom. The molecule has 0 atom stereocenters. The summed E-state index contributed by atoms with van der Waals surface area (Å²) in [4.78, 5) is 30.9. The van der Waals surface area contributed by atoms with Crippen molar-refractivity contribution in [2.75, 3.05) is 33.6 Å². The summed E-state index contributed by atoms with van der Waals surface area (Å²) < 4.78 is 13.5. The van der Waals surface area contributed by atoms with Crippen molar-refractivity contribution in [2.24, 2.45) is 0 Å². The third kappa shape index (κ3) is 4.99. The molecular formula is C27H32N6O5. The number of carboxylic acid groups (broad SMARTS) is 1. The highest BCUT2D eigenvalue weighted by atomic mass is 16.5. The molecule has 0 bridgehead atoms. The van der Waals surface area contributed by atoms with Crippen LogP contribution in [0.3, 0.4) is 0 Å². The van der Waals surface area contributed by atoms with E-state index in [1.165, 1.54) is 14.1 Å². The van der Waals surface area contributed by atoms with Gasteiger partial charge in [0.15, 0.2) is 0 Å². The summed E-state index contributed by atoms with van der Waals surface area (Å²) in [5.41, 5.74) is 2.59. The maximum Gasteiger partial charge on any atom is 0.416 e. The van der Waals surface area contributed by atoms with Gasteiger partial charge in [-0.1, -0.05) is 20.8 Å². The van der Waals surface area contributed by atoms with Crippen molar-refractivity contribution >= 4 is 34.4 Å². The summed E-state index contributed by atoms with van der Waals surface area (Å²) in [5.74, 6) is 1.52. The average molecular weight is 521 g/mol. The number of aromatic nitrogens is 4. The first-order chi connectivity index (χ1) is 17.9. The molecule has 1 aromatic carbocycles. The first-order valence-electron chi connectivity index (χ1n) is 11.9. The molecule has 0 saturated heterocycles. The number of rotatable bonds is 7. The van der Waals surface area contributed by atoms with Crippen LogP contribution in [0, 0.1) is 0 Å². The first kappa shape index (κ1) is 26.5. The van der Waals surface area contributed by atoms with Gasteiger partial charge in [0.2, 0.25) is 5.91 Å². The van der Waals surface area contributed by atoms with E-state index >= 15 is 0 Å². The number of pyridine rings is 1. The highest BCUT2D eigenvalue weighted by Gasteiger charge is 2.30. The molecule has 0 radical (unpaired) electrons. The van der Waals surface area contributed by atoms with E-state index in [1.54, 1.807) is 71.2 Å². The SMILES string of the molecule is COc1ccc(Nc2cc3c(cn2)c(C(C)(C)C)c(-c2cnn(CC(=O)N(C)C)c2)n3C(=O)O)c(OC)c1. The highest BCUT2D eigenvalue weighted by molar-refractivity contribution is 6.00. The molecule has 200 valence electrons. The number of nitrogens with one attached hydrogen (secondary N) is 1. The van der Waals surface area contributed by atoms with Crippen LogP contribution in [0.2, 0.25) is 0 Å². The minimum absolute atomic E-state index is 0.0461. The van der Waals surface area contributed by atoms with E-state index in [0.717, 1.165) is 5.56 Å².